The van der Waals surface area contributed by atoms with Gasteiger partial charge in [0.2, 0.25) is 0 Å². The van der Waals surface area contributed by atoms with Crippen molar-refractivity contribution < 1.29 is 9.84 Å². The molecular formula is C26H36O2S. The fourth-order valence-corrected chi connectivity index (χ4v) is 4.45. The molecule has 0 aliphatic heterocycles. The maximum atomic E-state index is 11.4. The highest BCUT2D eigenvalue weighted by Gasteiger charge is 2.36. The lowest BCUT2D eigenvalue weighted by Crippen LogP contribution is -2.37. The van der Waals surface area contributed by atoms with Crippen LogP contribution in [0.5, 0.6) is 0 Å². The van der Waals surface area contributed by atoms with Crippen LogP contribution in [0, 0.1) is 11.8 Å². The van der Waals surface area contributed by atoms with E-state index in [1.807, 2.05) is 38.1 Å². The second-order valence-corrected chi connectivity index (χ2v) is 9.61. The van der Waals surface area contributed by atoms with Crippen molar-refractivity contribution >= 4 is 11.8 Å². The minimum absolute atomic E-state index is 0.188. The predicted octanol–water partition coefficient (Wildman–Crippen LogP) is 7.29. The van der Waals surface area contributed by atoms with Gasteiger partial charge < -0.3 is 9.84 Å². The summed E-state index contributed by atoms with van der Waals surface area (Å²) in [6, 6.07) is 10.4. The highest BCUT2D eigenvalue weighted by Crippen LogP contribution is 2.38. The van der Waals surface area contributed by atoms with E-state index in [4.69, 9.17) is 4.74 Å². The van der Waals surface area contributed by atoms with Crippen LogP contribution >= 0.6 is 11.8 Å². The van der Waals surface area contributed by atoms with Crippen molar-refractivity contribution in [3.8, 4) is 0 Å². The molecule has 1 aliphatic rings. The van der Waals surface area contributed by atoms with Gasteiger partial charge in [-0.2, -0.15) is 0 Å². The van der Waals surface area contributed by atoms with E-state index in [1.165, 1.54) is 4.90 Å². The molecule has 0 bridgehead atoms. The van der Waals surface area contributed by atoms with E-state index in [2.05, 4.69) is 50.8 Å². The Morgan fingerprint density at radius 3 is 2.66 bits per heavy atom. The van der Waals surface area contributed by atoms with E-state index in [0.717, 1.165) is 41.9 Å². The number of allylic oxidation sites excluding steroid dienone is 4. The topological polar surface area (TPSA) is 29.5 Å². The van der Waals surface area contributed by atoms with Crippen LogP contribution in [0.3, 0.4) is 0 Å². The van der Waals surface area contributed by atoms with Crippen LogP contribution < -0.4 is 0 Å². The molecule has 1 aromatic rings. The molecule has 0 heterocycles. The molecule has 0 radical (unpaired) electrons. The normalized spacial score (nSPS) is 22.2. The Kier molecular flexibility index (Phi) is 9.32. The lowest BCUT2D eigenvalue weighted by atomic mass is 9.76. The second-order valence-electron chi connectivity index (χ2n) is 8.46. The third-order valence-corrected chi connectivity index (χ3v) is 6.02. The van der Waals surface area contributed by atoms with Gasteiger partial charge in [-0.1, -0.05) is 74.2 Å². The first kappa shape index (κ1) is 23.6. The molecule has 2 unspecified atom stereocenters. The summed E-state index contributed by atoms with van der Waals surface area (Å²) in [5.41, 5.74) is 0.193. The molecule has 0 amide bonds. The molecule has 1 N–H and O–H groups in total. The van der Waals surface area contributed by atoms with E-state index in [9.17, 15) is 5.11 Å². The van der Waals surface area contributed by atoms with Gasteiger partial charge in [0, 0.05) is 16.2 Å². The molecular weight excluding hydrogens is 376 g/mol. The van der Waals surface area contributed by atoms with Gasteiger partial charge >= 0.3 is 0 Å². The third-order valence-electron chi connectivity index (χ3n) is 4.95. The summed E-state index contributed by atoms with van der Waals surface area (Å²) in [4.78, 5) is 2.38. The first-order valence-electron chi connectivity index (χ1n) is 10.6. The summed E-state index contributed by atoms with van der Waals surface area (Å²) in [6.07, 6.45) is 11.8. The Morgan fingerprint density at radius 1 is 1.31 bits per heavy atom. The van der Waals surface area contributed by atoms with Gasteiger partial charge in [-0.15, -0.1) is 0 Å². The Labute approximate surface area is 181 Å². The van der Waals surface area contributed by atoms with Crippen molar-refractivity contribution in [3.05, 3.63) is 77.5 Å². The molecule has 29 heavy (non-hydrogen) atoms. The van der Waals surface area contributed by atoms with Crippen LogP contribution in [0.1, 0.15) is 53.4 Å². The van der Waals surface area contributed by atoms with E-state index >= 15 is 0 Å². The molecule has 158 valence electrons. The minimum Gasteiger partial charge on any atom is -0.498 e. The molecule has 0 spiro atoms. The average Bonchev–Trinajstić information content (AvgIpc) is 2.67. The standard InChI is InChI=1S/C26H36O2S/c1-6-24(29-25-12-8-7-9-13-25)14-10-11-22-15-16-23(28-19-21(4)5)18-26(22,27)17-20(2)3/h6-9,12-14,17-18,21-22,27H,1,10-11,15-16,19H2,2-5H3/b24-14+. The summed E-state index contributed by atoms with van der Waals surface area (Å²) in [6.45, 7) is 13.0. The maximum absolute atomic E-state index is 11.4. The summed E-state index contributed by atoms with van der Waals surface area (Å²) in [7, 11) is 0. The van der Waals surface area contributed by atoms with Crippen LogP contribution in [-0.2, 0) is 4.74 Å². The molecule has 0 saturated carbocycles. The Hall–Kier alpha value is -1.71. The first-order valence-corrected chi connectivity index (χ1v) is 11.4. The highest BCUT2D eigenvalue weighted by atomic mass is 32.2. The molecule has 1 aliphatic carbocycles. The van der Waals surface area contributed by atoms with Gasteiger partial charge in [-0.05, 0) is 63.2 Å². The molecule has 2 rings (SSSR count). The fourth-order valence-electron chi connectivity index (χ4n) is 3.60. The van der Waals surface area contributed by atoms with Gasteiger partial charge in [-0.25, -0.2) is 0 Å². The van der Waals surface area contributed by atoms with Crippen molar-refractivity contribution in [1.82, 2.24) is 0 Å². The lowest BCUT2D eigenvalue weighted by molar-refractivity contribution is 0.0410. The average molecular weight is 413 g/mol. The number of rotatable bonds is 10. The number of benzene rings is 1. The summed E-state index contributed by atoms with van der Waals surface area (Å²) in [5, 5.41) is 11.4. The van der Waals surface area contributed by atoms with E-state index in [1.54, 1.807) is 11.8 Å². The van der Waals surface area contributed by atoms with Gasteiger partial charge in [0.1, 0.15) is 5.60 Å². The number of hydrogen-bond donors (Lipinski definition) is 1. The molecule has 0 saturated heterocycles. The van der Waals surface area contributed by atoms with Crippen molar-refractivity contribution in [2.45, 2.75) is 63.9 Å². The van der Waals surface area contributed by atoms with Crippen LogP contribution in [0.25, 0.3) is 0 Å². The van der Waals surface area contributed by atoms with Gasteiger partial charge in [0.25, 0.3) is 0 Å². The molecule has 2 nitrogen and oxygen atoms in total. The first-order chi connectivity index (χ1) is 13.8. The fraction of sp³-hybridized carbons (Fsp3) is 0.462. The second kappa shape index (κ2) is 11.5. The molecule has 1 aromatic carbocycles. The van der Waals surface area contributed by atoms with Crippen molar-refractivity contribution in [1.29, 1.82) is 0 Å². The number of ether oxygens (including phenoxy) is 1. The zero-order valence-electron chi connectivity index (χ0n) is 18.4. The summed E-state index contributed by atoms with van der Waals surface area (Å²) in [5.74, 6) is 1.60. The number of hydrogen-bond acceptors (Lipinski definition) is 3. The SMILES string of the molecule is C=C/C(=C\CCC1CCC(OCC(C)C)=CC1(O)C=C(C)C)Sc1ccccc1. The molecule has 2 atom stereocenters. The Balaban J connectivity index is 2.05. The minimum atomic E-state index is -0.932. The smallest absolute Gasteiger partial charge is 0.107 e. The van der Waals surface area contributed by atoms with Crippen LogP contribution in [0.15, 0.2) is 82.3 Å². The monoisotopic (exact) mass is 412 g/mol. The van der Waals surface area contributed by atoms with Gasteiger partial charge in [-0.3, -0.25) is 0 Å². The maximum Gasteiger partial charge on any atom is 0.107 e. The van der Waals surface area contributed by atoms with E-state index < -0.39 is 5.60 Å². The summed E-state index contributed by atoms with van der Waals surface area (Å²) < 4.78 is 5.94. The largest absolute Gasteiger partial charge is 0.498 e. The quantitative estimate of drug-likeness (QED) is 0.248. The number of thioether (sulfide) groups is 1. The van der Waals surface area contributed by atoms with Crippen molar-refractivity contribution in [2.75, 3.05) is 6.61 Å². The Bertz CT molecular complexity index is 741. The molecule has 0 aromatic heterocycles. The van der Waals surface area contributed by atoms with Crippen LogP contribution in [0.4, 0.5) is 0 Å². The zero-order valence-corrected chi connectivity index (χ0v) is 19.2. The van der Waals surface area contributed by atoms with Gasteiger partial charge in [0.05, 0.1) is 12.4 Å². The lowest BCUT2D eigenvalue weighted by Gasteiger charge is -2.36. The predicted molar refractivity (Wildman–Crippen MR) is 126 cm³/mol. The Morgan fingerprint density at radius 2 is 2.03 bits per heavy atom. The van der Waals surface area contributed by atoms with Crippen LogP contribution in [-0.4, -0.2) is 17.3 Å². The zero-order chi connectivity index (χ0) is 21.3. The molecule has 3 heteroatoms. The van der Waals surface area contributed by atoms with E-state index in [-0.39, 0.29) is 5.92 Å². The summed E-state index contributed by atoms with van der Waals surface area (Å²) >= 11 is 1.73. The van der Waals surface area contributed by atoms with E-state index in [0.29, 0.717) is 12.5 Å². The highest BCUT2D eigenvalue weighted by molar-refractivity contribution is 8.03. The third kappa shape index (κ3) is 7.91. The number of aliphatic hydroxyl groups is 1. The van der Waals surface area contributed by atoms with Crippen molar-refractivity contribution in [2.24, 2.45) is 11.8 Å². The van der Waals surface area contributed by atoms with Crippen molar-refractivity contribution in [3.63, 3.8) is 0 Å². The molecule has 0 fully saturated rings. The van der Waals surface area contributed by atoms with Gasteiger partial charge in [0.15, 0.2) is 0 Å². The van der Waals surface area contributed by atoms with Crippen LogP contribution in [0.2, 0.25) is 0 Å².